The molecule has 1 N–H and O–H groups in total. The Morgan fingerprint density at radius 2 is 1.76 bits per heavy atom. The molecule has 5 nitrogen and oxygen atoms in total. The molecule has 150 valence electrons. The van der Waals surface area contributed by atoms with Gasteiger partial charge in [0.15, 0.2) is 17.8 Å². The topological polar surface area (TPSA) is 50.8 Å². The third-order valence-corrected chi connectivity index (χ3v) is 6.66. The van der Waals surface area contributed by atoms with Crippen LogP contribution in [-0.4, -0.2) is 48.0 Å². The molecule has 0 spiro atoms. The molecule has 2 aromatic carbocycles. The molecular weight excluding hydrogens is 362 g/mol. The molecule has 0 unspecified atom stereocenters. The Morgan fingerprint density at radius 1 is 1.00 bits per heavy atom. The SMILES string of the molecule is O=C(c1ncoc1-c1ccc2ccccc2c1)N1CC[NH+](C2CCCCC2)CC1. The number of hydrogen-bond donors (Lipinski definition) is 1. The molecular formula is C24H28N3O2+. The van der Waals surface area contributed by atoms with Gasteiger partial charge >= 0.3 is 0 Å². The number of benzene rings is 2. The molecule has 2 fully saturated rings. The number of nitrogens with one attached hydrogen (secondary N) is 1. The number of oxazole rings is 1. The second-order valence-electron chi connectivity index (χ2n) is 8.38. The summed E-state index contributed by atoms with van der Waals surface area (Å²) in [7, 11) is 0. The zero-order chi connectivity index (χ0) is 19.6. The fourth-order valence-corrected chi connectivity index (χ4v) is 5.00. The molecule has 1 aromatic heterocycles. The number of carbonyl (C=O) groups excluding carboxylic acids is 1. The first-order valence-corrected chi connectivity index (χ1v) is 10.9. The molecule has 0 atom stereocenters. The third kappa shape index (κ3) is 3.67. The average molecular weight is 391 g/mol. The Bertz CT molecular complexity index is 998. The summed E-state index contributed by atoms with van der Waals surface area (Å²) in [6.45, 7) is 3.68. The summed E-state index contributed by atoms with van der Waals surface area (Å²) in [6.07, 6.45) is 8.20. The van der Waals surface area contributed by atoms with Gasteiger partial charge in [-0.15, -0.1) is 0 Å². The molecule has 1 saturated carbocycles. The van der Waals surface area contributed by atoms with Gasteiger partial charge in [-0.1, -0.05) is 42.8 Å². The molecule has 29 heavy (non-hydrogen) atoms. The number of piperazine rings is 1. The lowest BCUT2D eigenvalue weighted by Crippen LogP contribution is -3.18. The van der Waals surface area contributed by atoms with Crippen molar-refractivity contribution in [3.05, 3.63) is 54.6 Å². The second kappa shape index (κ2) is 7.99. The van der Waals surface area contributed by atoms with E-state index in [0.717, 1.165) is 43.2 Å². The van der Waals surface area contributed by atoms with Crippen LogP contribution in [0.5, 0.6) is 0 Å². The summed E-state index contributed by atoms with van der Waals surface area (Å²) < 4.78 is 5.66. The molecule has 0 bridgehead atoms. The number of aromatic nitrogens is 1. The minimum absolute atomic E-state index is 0.00963. The maximum atomic E-state index is 13.2. The zero-order valence-electron chi connectivity index (χ0n) is 16.8. The predicted molar refractivity (Wildman–Crippen MR) is 113 cm³/mol. The quantitative estimate of drug-likeness (QED) is 0.747. The first-order valence-electron chi connectivity index (χ1n) is 10.9. The van der Waals surface area contributed by atoms with Crippen LogP contribution in [0.4, 0.5) is 0 Å². The van der Waals surface area contributed by atoms with Crippen LogP contribution in [0.1, 0.15) is 42.6 Å². The summed E-state index contributed by atoms with van der Waals surface area (Å²) in [5, 5.41) is 2.30. The number of fused-ring (bicyclic) bond motifs is 1. The molecule has 1 amide bonds. The molecule has 5 heteroatoms. The van der Waals surface area contributed by atoms with E-state index in [2.05, 4.69) is 29.2 Å². The van der Waals surface area contributed by atoms with Gasteiger partial charge in [0.2, 0.25) is 0 Å². The monoisotopic (exact) mass is 390 g/mol. The molecule has 1 saturated heterocycles. The van der Waals surface area contributed by atoms with Crippen molar-refractivity contribution >= 4 is 16.7 Å². The summed E-state index contributed by atoms with van der Waals surface area (Å²) in [5.74, 6) is 0.562. The highest BCUT2D eigenvalue weighted by Gasteiger charge is 2.32. The van der Waals surface area contributed by atoms with Crippen LogP contribution >= 0.6 is 0 Å². The molecule has 2 aliphatic rings. The highest BCUT2D eigenvalue weighted by atomic mass is 16.3. The predicted octanol–water partition coefficient (Wildman–Crippen LogP) is 3.17. The molecule has 2 heterocycles. The van der Waals surface area contributed by atoms with E-state index >= 15 is 0 Å². The van der Waals surface area contributed by atoms with E-state index in [1.165, 1.54) is 43.9 Å². The van der Waals surface area contributed by atoms with Crippen molar-refractivity contribution in [1.29, 1.82) is 0 Å². The summed E-state index contributed by atoms with van der Waals surface area (Å²) in [6, 6.07) is 15.1. The largest absolute Gasteiger partial charge is 0.443 e. The van der Waals surface area contributed by atoms with Gasteiger partial charge in [0, 0.05) is 5.56 Å². The van der Waals surface area contributed by atoms with Crippen LogP contribution in [-0.2, 0) is 0 Å². The lowest BCUT2D eigenvalue weighted by atomic mass is 9.94. The first-order chi connectivity index (χ1) is 14.3. The summed E-state index contributed by atoms with van der Waals surface area (Å²) in [4.78, 5) is 21.1. The van der Waals surface area contributed by atoms with Gasteiger partial charge in [0.1, 0.15) is 0 Å². The van der Waals surface area contributed by atoms with Crippen LogP contribution in [0, 0.1) is 0 Å². The maximum absolute atomic E-state index is 13.2. The standard InChI is InChI=1S/C24H27N3O2/c28-24(27-14-12-26(13-15-27)21-8-2-1-3-9-21)22-23(29-17-25-22)20-11-10-18-6-4-5-7-19(18)16-20/h4-7,10-11,16-17,21H,1-3,8-9,12-15H2/p+1. The lowest BCUT2D eigenvalue weighted by Gasteiger charge is -2.37. The average Bonchev–Trinajstić information content (AvgIpc) is 3.29. The fourth-order valence-electron chi connectivity index (χ4n) is 5.00. The van der Waals surface area contributed by atoms with E-state index < -0.39 is 0 Å². The van der Waals surface area contributed by atoms with Crippen LogP contribution in [0.3, 0.4) is 0 Å². The van der Waals surface area contributed by atoms with Crippen LogP contribution in [0.15, 0.2) is 53.3 Å². The number of carbonyl (C=O) groups is 1. The van der Waals surface area contributed by atoms with Gasteiger partial charge in [-0.2, -0.15) is 0 Å². The second-order valence-corrected chi connectivity index (χ2v) is 8.38. The number of hydrogen-bond acceptors (Lipinski definition) is 3. The molecule has 3 aromatic rings. The van der Waals surface area contributed by atoms with Crippen LogP contribution < -0.4 is 4.90 Å². The van der Waals surface area contributed by atoms with Gasteiger partial charge < -0.3 is 14.2 Å². The van der Waals surface area contributed by atoms with E-state index in [4.69, 9.17) is 4.42 Å². The molecule has 0 radical (unpaired) electrons. The van der Waals surface area contributed by atoms with Gasteiger partial charge in [-0.05, 0) is 42.5 Å². The number of nitrogens with zero attached hydrogens (tertiary/aromatic N) is 2. The van der Waals surface area contributed by atoms with Gasteiger partial charge in [-0.3, -0.25) is 4.79 Å². The van der Waals surface area contributed by atoms with Crippen molar-refractivity contribution in [2.24, 2.45) is 0 Å². The van der Waals surface area contributed by atoms with Crippen molar-refractivity contribution in [2.75, 3.05) is 26.2 Å². The van der Waals surface area contributed by atoms with E-state index in [1.807, 2.05) is 23.1 Å². The zero-order valence-corrected chi connectivity index (χ0v) is 16.8. The van der Waals surface area contributed by atoms with E-state index in [9.17, 15) is 4.79 Å². The normalized spacial score (nSPS) is 19.0. The number of quaternary nitrogens is 1. The lowest BCUT2D eigenvalue weighted by molar-refractivity contribution is -0.930. The highest BCUT2D eigenvalue weighted by Crippen LogP contribution is 2.27. The maximum Gasteiger partial charge on any atom is 0.276 e. The van der Waals surface area contributed by atoms with Crippen molar-refractivity contribution in [2.45, 2.75) is 38.1 Å². The number of rotatable bonds is 3. The summed E-state index contributed by atoms with van der Waals surface area (Å²) in [5.41, 5.74) is 1.33. The van der Waals surface area contributed by atoms with Crippen molar-refractivity contribution in [3.63, 3.8) is 0 Å². The van der Waals surface area contributed by atoms with Gasteiger partial charge in [0.25, 0.3) is 5.91 Å². The molecule has 5 rings (SSSR count). The van der Waals surface area contributed by atoms with Crippen LogP contribution in [0.2, 0.25) is 0 Å². The van der Waals surface area contributed by atoms with Gasteiger partial charge in [-0.25, -0.2) is 4.98 Å². The van der Waals surface area contributed by atoms with Gasteiger partial charge in [0.05, 0.1) is 32.2 Å². The van der Waals surface area contributed by atoms with Crippen molar-refractivity contribution < 1.29 is 14.1 Å². The Hall–Kier alpha value is -2.66. The van der Waals surface area contributed by atoms with Crippen LogP contribution in [0.25, 0.3) is 22.1 Å². The highest BCUT2D eigenvalue weighted by molar-refractivity contribution is 5.98. The Balaban J connectivity index is 1.32. The Labute approximate surface area is 171 Å². The van der Waals surface area contributed by atoms with E-state index in [-0.39, 0.29) is 5.91 Å². The third-order valence-electron chi connectivity index (χ3n) is 6.66. The smallest absolute Gasteiger partial charge is 0.276 e. The van der Waals surface area contributed by atoms with E-state index in [1.54, 1.807) is 4.90 Å². The Kier molecular flexibility index (Phi) is 5.06. The molecule has 1 aliphatic heterocycles. The minimum atomic E-state index is -0.00963. The fraction of sp³-hybridized carbons (Fsp3) is 0.417. The minimum Gasteiger partial charge on any atom is -0.443 e. The van der Waals surface area contributed by atoms with Crippen molar-refractivity contribution in [1.82, 2.24) is 9.88 Å². The molecule has 1 aliphatic carbocycles. The first kappa shape index (κ1) is 18.4. The summed E-state index contributed by atoms with van der Waals surface area (Å²) >= 11 is 0. The Morgan fingerprint density at radius 3 is 2.55 bits per heavy atom. The van der Waals surface area contributed by atoms with Crippen molar-refractivity contribution in [3.8, 4) is 11.3 Å². The van der Waals surface area contributed by atoms with E-state index in [0.29, 0.717) is 11.5 Å². The number of amides is 1.